The van der Waals surface area contributed by atoms with Gasteiger partial charge in [-0.25, -0.2) is 9.97 Å². The van der Waals surface area contributed by atoms with Gasteiger partial charge in [-0.2, -0.15) is 5.26 Å². The van der Waals surface area contributed by atoms with Crippen molar-refractivity contribution in [2.45, 2.75) is 17.9 Å². The number of fused-ring (bicyclic) bond motifs is 4. The third-order valence-electron chi connectivity index (χ3n) is 5.12. The molecular weight excluding hydrogens is 406 g/mol. The molecule has 5 aromatic rings. The molecular formula is C24H17N5OS. The molecule has 150 valence electrons. The van der Waals surface area contributed by atoms with Crippen LogP contribution in [0.4, 0.5) is 5.69 Å². The summed E-state index contributed by atoms with van der Waals surface area (Å²) in [5.74, 6) is -0.0830. The Bertz CT molecular complexity index is 1470. The molecule has 0 aliphatic carbocycles. The largest absolute Gasteiger partial charge is 0.326 e. The molecule has 0 radical (unpaired) electrons. The van der Waals surface area contributed by atoms with E-state index in [0.717, 1.165) is 49.8 Å². The highest BCUT2D eigenvalue weighted by Gasteiger charge is 2.15. The average molecular weight is 424 g/mol. The quantitative estimate of drug-likeness (QED) is 0.305. The second kappa shape index (κ2) is 8.09. The van der Waals surface area contributed by atoms with E-state index in [1.54, 1.807) is 12.1 Å². The van der Waals surface area contributed by atoms with Crippen LogP contribution in [-0.4, -0.2) is 20.4 Å². The van der Waals surface area contributed by atoms with Gasteiger partial charge in [0, 0.05) is 28.9 Å². The molecule has 1 amide bonds. The van der Waals surface area contributed by atoms with Crippen molar-refractivity contribution in [2.75, 3.05) is 5.32 Å². The fourth-order valence-electron chi connectivity index (χ4n) is 3.71. The van der Waals surface area contributed by atoms with E-state index < -0.39 is 0 Å². The van der Waals surface area contributed by atoms with Crippen LogP contribution in [0.2, 0.25) is 0 Å². The fraction of sp³-hybridized carbons (Fsp3) is 0.0833. The van der Waals surface area contributed by atoms with Gasteiger partial charge in [0.1, 0.15) is 10.9 Å². The number of anilines is 1. The fourth-order valence-corrected chi connectivity index (χ4v) is 4.08. The molecule has 3 aromatic carbocycles. The van der Waals surface area contributed by atoms with Crippen LogP contribution in [0, 0.1) is 10.7 Å². The van der Waals surface area contributed by atoms with Gasteiger partial charge in [0.25, 0.3) is 0 Å². The Hall–Kier alpha value is -3.89. The highest BCUT2D eigenvalue weighted by molar-refractivity contribution is 8.03. The van der Waals surface area contributed by atoms with Crippen molar-refractivity contribution in [3.63, 3.8) is 0 Å². The molecule has 7 heteroatoms. The van der Waals surface area contributed by atoms with Gasteiger partial charge in [0.2, 0.25) is 5.91 Å². The zero-order valence-electron chi connectivity index (χ0n) is 16.4. The summed E-state index contributed by atoms with van der Waals surface area (Å²) in [5, 5.41) is 14.7. The standard InChI is InChI=1S/C24H17N5OS/c25-15-31-17-11-9-16(10-12-17)26-22(30)13-14-29-21-8-4-1-5-18(21)23-24(29)28-20-7-3-2-6-19(20)27-23/h1-12H,13-14H2,(H,26,30). The summed E-state index contributed by atoms with van der Waals surface area (Å²) in [5.41, 5.74) is 5.04. The first-order chi connectivity index (χ1) is 15.2. The van der Waals surface area contributed by atoms with E-state index in [4.69, 9.17) is 15.2 Å². The number of nitrogens with one attached hydrogen (secondary N) is 1. The highest BCUT2D eigenvalue weighted by atomic mass is 32.2. The minimum absolute atomic E-state index is 0.0830. The smallest absolute Gasteiger partial charge is 0.226 e. The van der Waals surface area contributed by atoms with Gasteiger partial charge in [-0.3, -0.25) is 4.79 Å². The molecule has 31 heavy (non-hydrogen) atoms. The first kappa shape index (κ1) is 19.1. The number of carbonyl (C=O) groups excluding carboxylic acids is 1. The minimum atomic E-state index is -0.0830. The van der Waals surface area contributed by atoms with E-state index in [1.807, 2.05) is 66.1 Å². The Morgan fingerprint density at radius 3 is 2.45 bits per heavy atom. The van der Waals surface area contributed by atoms with Crippen molar-refractivity contribution in [3.05, 3.63) is 72.8 Å². The molecule has 0 aliphatic rings. The number of nitrogens with zero attached hydrogens (tertiary/aromatic N) is 4. The van der Waals surface area contributed by atoms with Gasteiger partial charge in [0.05, 0.1) is 16.6 Å². The molecule has 0 bridgehead atoms. The number of thioether (sulfide) groups is 1. The Balaban J connectivity index is 1.43. The first-order valence-electron chi connectivity index (χ1n) is 9.82. The normalized spacial score (nSPS) is 11.1. The van der Waals surface area contributed by atoms with Crippen LogP contribution in [0.25, 0.3) is 33.1 Å². The lowest BCUT2D eigenvalue weighted by molar-refractivity contribution is -0.116. The van der Waals surface area contributed by atoms with E-state index in [9.17, 15) is 4.79 Å². The molecule has 0 saturated carbocycles. The second-order valence-electron chi connectivity index (χ2n) is 7.07. The number of hydrogen-bond donors (Lipinski definition) is 1. The van der Waals surface area contributed by atoms with Crippen LogP contribution >= 0.6 is 11.8 Å². The van der Waals surface area contributed by atoms with E-state index >= 15 is 0 Å². The maximum Gasteiger partial charge on any atom is 0.226 e. The molecule has 0 atom stereocenters. The minimum Gasteiger partial charge on any atom is -0.326 e. The van der Waals surface area contributed by atoms with Crippen molar-refractivity contribution < 1.29 is 4.79 Å². The zero-order valence-corrected chi connectivity index (χ0v) is 17.3. The van der Waals surface area contributed by atoms with Crippen LogP contribution < -0.4 is 5.32 Å². The number of nitriles is 1. The van der Waals surface area contributed by atoms with Crippen molar-refractivity contribution >= 4 is 56.5 Å². The first-order valence-corrected chi connectivity index (χ1v) is 10.6. The third-order valence-corrected chi connectivity index (χ3v) is 5.72. The molecule has 1 N–H and O–H groups in total. The van der Waals surface area contributed by atoms with E-state index in [-0.39, 0.29) is 5.91 Å². The van der Waals surface area contributed by atoms with Crippen LogP contribution in [0.1, 0.15) is 6.42 Å². The Morgan fingerprint density at radius 1 is 0.968 bits per heavy atom. The van der Waals surface area contributed by atoms with E-state index in [0.29, 0.717) is 18.7 Å². The number of carbonyl (C=O) groups is 1. The lowest BCUT2D eigenvalue weighted by Crippen LogP contribution is -2.14. The van der Waals surface area contributed by atoms with Crippen molar-refractivity contribution in [1.29, 1.82) is 5.26 Å². The number of aromatic nitrogens is 3. The van der Waals surface area contributed by atoms with Gasteiger partial charge in [-0.15, -0.1) is 0 Å². The zero-order chi connectivity index (χ0) is 21.2. The summed E-state index contributed by atoms with van der Waals surface area (Å²) in [6, 6.07) is 23.1. The maximum atomic E-state index is 12.6. The molecule has 0 aliphatic heterocycles. The predicted molar refractivity (Wildman–Crippen MR) is 124 cm³/mol. The topological polar surface area (TPSA) is 83.6 Å². The van der Waals surface area contributed by atoms with E-state index in [1.165, 1.54) is 0 Å². The number of aryl methyl sites for hydroxylation is 1. The van der Waals surface area contributed by atoms with Gasteiger partial charge in [0.15, 0.2) is 5.65 Å². The number of thiocyanates is 1. The summed E-state index contributed by atoms with van der Waals surface area (Å²) in [6.07, 6.45) is 0.303. The SMILES string of the molecule is N#CSc1ccc(NC(=O)CCn2c3ccccc3c3nc4ccccc4nc32)cc1. The molecule has 0 spiro atoms. The second-order valence-corrected chi connectivity index (χ2v) is 7.93. The van der Waals surface area contributed by atoms with Crippen LogP contribution in [0.3, 0.4) is 0 Å². The molecule has 0 saturated heterocycles. The van der Waals surface area contributed by atoms with Crippen molar-refractivity contribution in [2.24, 2.45) is 0 Å². The Morgan fingerprint density at radius 2 is 1.68 bits per heavy atom. The molecule has 2 aromatic heterocycles. The molecule has 6 nitrogen and oxygen atoms in total. The number of rotatable bonds is 5. The van der Waals surface area contributed by atoms with Crippen molar-refractivity contribution in [1.82, 2.24) is 14.5 Å². The highest BCUT2D eigenvalue weighted by Crippen LogP contribution is 2.28. The van der Waals surface area contributed by atoms with Crippen molar-refractivity contribution in [3.8, 4) is 5.40 Å². The van der Waals surface area contributed by atoms with Gasteiger partial charge in [-0.1, -0.05) is 30.3 Å². The third kappa shape index (κ3) is 3.69. The molecule has 0 fully saturated rings. The summed E-state index contributed by atoms with van der Waals surface area (Å²) in [7, 11) is 0. The average Bonchev–Trinajstić information content (AvgIpc) is 3.10. The molecule has 2 heterocycles. The summed E-state index contributed by atoms with van der Waals surface area (Å²) in [4.78, 5) is 23.1. The van der Waals surface area contributed by atoms with Gasteiger partial charge in [-0.05, 0) is 54.2 Å². The Kier molecular flexibility index (Phi) is 4.98. The van der Waals surface area contributed by atoms with E-state index in [2.05, 4.69) is 9.88 Å². The number of amides is 1. The Labute approximate surface area is 182 Å². The predicted octanol–water partition coefficient (Wildman–Crippen LogP) is 5.34. The number of hydrogen-bond acceptors (Lipinski definition) is 5. The number of benzene rings is 3. The number of para-hydroxylation sites is 3. The summed E-state index contributed by atoms with van der Waals surface area (Å²) in [6.45, 7) is 0.491. The van der Waals surface area contributed by atoms with Gasteiger partial charge < -0.3 is 9.88 Å². The van der Waals surface area contributed by atoms with Crippen LogP contribution in [-0.2, 0) is 11.3 Å². The summed E-state index contributed by atoms with van der Waals surface area (Å²) >= 11 is 1.09. The molecule has 5 rings (SSSR count). The monoisotopic (exact) mass is 423 g/mol. The van der Waals surface area contributed by atoms with Crippen LogP contribution in [0.15, 0.2) is 77.7 Å². The summed E-state index contributed by atoms with van der Waals surface area (Å²) < 4.78 is 2.07. The molecule has 0 unspecified atom stereocenters. The lowest BCUT2D eigenvalue weighted by Gasteiger charge is -2.08. The lowest BCUT2D eigenvalue weighted by atomic mass is 10.2. The maximum absolute atomic E-state index is 12.6. The van der Waals surface area contributed by atoms with Gasteiger partial charge >= 0.3 is 0 Å². The van der Waals surface area contributed by atoms with Crippen LogP contribution in [0.5, 0.6) is 0 Å².